The van der Waals surface area contributed by atoms with Crippen molar-refractivity contribution in [2.45, 2.75) is 0 Å². The van der Waals surface area contributed by atoms with E-state index in [1.165, 1.54) is 0 Å². The van der Waals surface area contributed by atoms with Gasteiger partial charge in [-0.15, -0.1) is 0 Å². The van der Waals surface area contributed by atoms with Gasteiger partial charge in [0.05, 0.1) is 55.4 Å². The van der Waals surface area contributed by atoms with E-state index in [0.717, 1.165) is 11.4 Å². The lowest BCUT2D eigenvalue weighted by Crippen LogP contribution is -2.34. The highest BCUT2D eigenvalue weighted by atomic mass is 16.3. The fourth-order valence-electron chi connectivity index (χ4n) is 2.57. The van der Waals surface area contributed by atoms with Gasteiger partial charge in [-0.2, -0.15) is 0 Å². The zero-order valence-corrected chi connectivity index (χ0v) is 17.7. The van der Waals surface area contributed by atoms with Crippen LogP contribution in [-0.2, 0) is 0 Å². The first-order valence-corrected chi connectivity index (χ1v) is 9.28. The summed E-state index contributed by atoms with van der Waals surface area (Å²) in [4.78, 5) is 8.73. The lowest BCUT2D eigenvalue weighted by atomic mass is 10.1. The topological polar surface area (TPSA) is 65.2 Å². The number of phenolic OH excluding ortho intramolecular Hbond substituents is 2. The highest BCUT2D eigenvalue weighted by Gasteiger charge is 2.14. The van der Waals surface area contributed by atoms with Crippen molar-refractivity contribution in [2.75, 3.05) is 55.4 Å². The molecule has 2 aromatic rings. The highest BCUT2D eigenvalue weighted by molar-refractivity contribution is 5.86. The fraction of sp³-hybridized carbons (Fsp3) is 0.364. The summed E-state index contributed by atoms with van der Waals surface area (Å²) >= 11 is 0. The maximum atomic E-state index is 10.0. The molecule has 150 valence electrons. The van der Waals surface area contributed by atoms with E-state index in [0.29, 0.717) is 33.2 Å². The van der Waals surface area contributed by atoms with Gasteiger partial charge in [0.15, 0.2) is 0 Å². The van der Waals surface area contributed by atoms with Crippen molar-refractivity contribution in [3.8, 4) is 11.5 Å². The van der Waals surface area contributed by atoms with Gasteiger partial charge in [0.25, 0.3) is 0 Å². The monoisotopic (exact) mass is 384 g/mol. The molecule has 6 heteroatoms. The molecule has 0 bridgehead atoms. The highest BCUT2D eigenvalue weighted by Crippen LogP contribution is 2.25. The molecule has 0 aliphatic carbocycles. The maximum Gasteiger partial charge on any atom is 0.133 e. The van der Waals surface area contributed by atoms with E-state index in [2.05, 4.69) is 52.3 Å². The molecule has 2 N–H and O–H groups in total. The SMILES string of the molecule is C[N+](C)(C)c1ccc(O)c(C=NCCN=Cc2cc([N+](C)(C)C)ccc2O)c1. The molecule has 0 saturated carbocycles. The second-order valence-corrected chi connectivity index (χ2v) is 8.58. The van der Waals surface area contributed by atoms with Gasteiger partial charge in [-0.1, -0.05) is 0 Å². The van der Waals surface area contributed by atoms with Crippen molar-refractivity contribution < 1.29 is 10.2 Å². The molecular weight excluding hydrogens is 352 g/mol. The number of benzene rings is 2. The average molecular weight is 385 g/mol. The van der Waals surface area contributed by atoms with Crippen LogP contribution in [0.1, 0.15) is 11.1 Å². The standard InChI is InChI=1S/C22H30N4O2/c1-25(2,3)19-7-9-21(27)17(13-19)15-23-11-12-24-16-18-14-20(26(4,5)6)8-10-22(18)28/h7-10,13-16H,11-12H2,1-6H3/p+2. The van der Waals surface area contributed by atoms with Crippen LogP contribution in [0.15, 0.2) is 46.4 Å². The van der Waals surface area contributed by atoms with Crippen LogP contribution in [0, 0.1) is 0 Å². The molecule has 0 aromatic heterocycles. The minimum absolute atomic E-state index is 0.214. The Morgan fingerprint density at radius 3 is 1.36 bits per heavy atom. The Bertz CT molecular complexity index is 802. The van der Waals surface area contributed by atoms with Crippen LogP contribution < -0.4 is 8.97 Å². The first-order chi connectivity index (χ1) is 13.0. The largest absolute Gasteiger partial charge is 0.507 e. The van der Waals surface area contributed by atoms with Crippen molar-refractivity contribution in [3.63, 3.8) is 0 Å². The maximum absolute atomic E-state index is 10.0. The van der Waals surface area contributed by atoms with Crippen LogP contribution in [0.3, 0.4) is 0 Å². The van der Waals surface area contributed by atoms with Crippen molar-refractivity contribution in [2.24, 2.45) is 9.98 Å². The van der Waals surface area contributed by atoms with Gasteiger partial charge in [-0.3, -0.25) is 19.0 Å². The molecule has 0 aliphatic rings. The number of nitrogens with zero attached hydrogens (tertiary/aromatic N) is 4. The zero-order chi connectivity index (χ0) is 20.9. The van der Waals surface area contributed by atoms with E-state index >= 15 is 0 Å². The van der Waals surface area contributed by atoms with E-state index in [4.69, 9.17) is 0 Å². The van der Waals surface area contributed by atoms with Crippen LogP contribution in [0.25, 0.3) is 0 Å². The molecule has 2 rings (SSSR count). The van der Waals surface area contributed by atoms with Crippen molar-refractivity contribution >= 4 is 23.8 Å². The van der Waals surface area contributed by atoms with Gasteiger partial charge in [-0.25, -0.2) is 0 Å². The third-order valence-corrected chi connectivity index (χ3v) is 4.39. The first kappa shape index (κ1) is 21.6. The number of hydrogen-bond donors (Lipinski definition) is 2. The molecule has 0 radical (unpaired) electrons. The molecule has 0 amide bonds. The third kappa shape index (κ3) is 5.90. The van der Waals surface area contributed by atoms with Crippen LogP contribution in [0.2, 0.25) is 0 Å². The predicted molar refractivity (Wildman–Crippen MR) is 120 cm³/mol. The van der Waals surface area contributed by atoms with Gasteiger partial charge >= 0.3 is 0 Å². The van der Waals surface area contributed by atoms with Crippen LogP contribution >= 0.6 is 0 Å². The lowest BCUT2D eigenvalue weighted by molar-refractivity contribution is 0.467. The quantitative estimate of drug-likeness (QED) is 0.438. The predicted octanol–water partition coefficient (Wildman–Crippen LogP) is 3.03. The smallest absolute Gasteiger partial charge is 0.133 e. The lowest BCUT2D eigenvalue weighted by Gasteiger charge is -2.23. The Kier molecular flexibility index (Phi) is 6.59. The molecule has 0 heterocycles. The molecular formula is C22H32N4O2+2. The van der Waals surface area contributed by atoms with Gasteiger partial charge in [0.1, 0.15) is 22.9 Å². The minimum atomic E-state index is 0.214. The number of aliphatic imine (C=N–C) groups is 2. The summed E-state index contributed by atoms with van der Waals surface area (Å²) in [6.07, 6.45) is 3.36. The van der Waals surface area contributed by atoms with Gasteiger partial charge < -0.3 is 10.2 Å². The summed E-state index contributed by atoms with van der Waals surface area (Å²) in [6, 6.07) is 11.1. The molecule has 0 saturated heterocycles. The Morgan fingerprint density at radius 1 is 0.679 bits per heavy atom. The van der Waals surface area contributed by atoms with Crippen LogP contribution in [0.4, 0.5) is 11.4 Å². The second-order valence-electron chi connectivity index (χ2n) is 8.58. The van der Waals surface area contributed by atoms with Crippen molar-refractivity contribution in [3.05, 3.63) is 47.5 Å². The summed E-state index contributed by atoms with van der Waals surface area (Å²) in [5.74, 6) is 0.429. The third-order valence-electron chi connectivity index (χ3n) is 4.39. The van der Waals surface area contributed by atoms with Crippen LogP contribution in [-0.4, -0.2) is 78.0 Å². The Morgan fingerprint density at radius 2 is 1.04 bits per heavy atom. The Labute approximate surface area is 167 Å². The van der Waals surface area contributed by atoms with E-state index in [9.17, 15) is 10.2 Å². The molecule has 0 aliphatic heterocycles. The summed E-state index contributed by atoms with van der Waals surface area (Å²) in [7, 11) is 12.4. The summed E-state index contributed by atoms with van der Waals surface area (Å²) < 4.78 is 1.34. The zero-order valence-electron chi connectivity index (χ0n) is 17.7. The molecule has 28 heavy (non-hydrogen) atoms. The minimum Gasteiger partial charge on any atom is -0.507 e. The first-order valence-electron chi connectivity index (χ1n) is 9.28. The average Bonchev–Trinajstić information content (AvgIpc) is 2.58. The number of rotatable bonds is 7. The molecule has 0 unspecified atom stereocenters. The molecule has 2 aromatic carbocycles. The van der Waals surface area contributed by atoms with Crippen molar-refractivity contribution in [1.82, 2.24) is 8.97 Å². The molecule has 6 nitrogen and oxygen atoms in total. The van der Waals surface area contributed by atoms with Gasteiger partial charge in [0.2, 0.25) is 0 Å². The van der Waals surface area contributed by atoms with E-state index in [-0.39, 0.29) is 11.5 Å². The number of phenols is 2. The van der Waals surface area contributed by atoms with E-state index < -0.39 is 0 Å². The van der Waals surface area contributed by atoms with Gasteiger partial charge in [0, 0.05) is 47.8 Å². The molecule has 0 fully saturated rings. The summed E-state index contributed by atoms with van der Waals surface area (Å²) in [6.45, 7) is 1.00. The molecule has 0 spiro atoms. The molecule has 0 atom stereocenters. The van der Waals surface area contributed by atoms with Gasteiger partial charge in [-0.05, 0) is 12.1 Å². The van der Waals surface area contributed by atoms with Crippen molar-refractivity contribution in [1.29, 1.82) is 0 Å². The number of hydrogen-bond acceptors (Lipinski definition) is 4. The Hall–Kier alpha value is -2.70. The fourth-order valence-corrected chi connectivity index (χ4v) is 2.57. The second kappa shape index (κ2) is 8.54. The van der Waals surface area contributed by atoms with E-state index in [1.54, 1.807) is 24.6 Å². The number of aromatic hydroxyl groups is 2. The van der Waals surface area contributed by atoms with E-state index in [1.807, 2.05) is 24.3 Å². The number of quaternary nitrogens is 2. The van der Waals surface area contributed by atoms with Crippen LogP contribution in [0.5, 0.6) is 11.5 Å². The Balaban J connectivity index is 2.00. The summed E-state index contributed by atoms with van der Waals surface area (Å²) in [5, 5.41) is 20.0. The normalized spacial score (nSPS) is 12.9. The summed E-state index contributed by atoms with van der Waals surface area (Å²) in [5.41, 5.74) is 3.57.